The Morgan fingerprint density at radius 3 is 2.74 bits per heavy atom. The number of nitrogens with one attached hydrogen (secondary N) is 1. The van der Waals surface area contributed by atoms with Gasteiger partial charge in [-0.25, -0.2) is 4.39 Å². The molecule has 0 saturated heterocycles. The van der Waals surface area contributed by atoms with Crippen molar-refractivity contribution >= 4 is 24.0 Å². The Morgan fingerprint density at radius 1 is 1.26 bits per heavy atom. The summed E-state index contributed by atoms with van der Waals surface area (Å²) >= 11 is 5.78. The van der Waals surface area contributed by atoms with Crippen molar-refractivity contribution < 1.29 is 13.5 Å². The van der Waals surface area contributed by atoms with Crippen LogP contribution >= 0.6 is 24.0 Å². The summed E-state index contributed by atoms with van der Waals surface area (Å²) in [5, 5.41) is 3.40. The van der Waals surface area contributed by atoms with E-state index in [9.17, 15) is 4.39 Å². The Bertz CT molecular complexity index is 602. The van der Waals surface area contributed by atoms with Crippen molar-refractivity contribution in [3.63, 3.8) is 0 Å². The van der Waals surface area contributed by atoms with Crippen molar-refractivity contribution in [2.24, 2.45) is 0 Å². The molecule has 0 saturated carbocycles. The van der Waals surface area contributed by atoms with Gasteiger partial charge < -0.3 is 14.5 Å². The van der Waals surface area contributed by atoms with Crippen LogP contribution in [0.1, 0.15) is 26.0 Å². The molecule has 2 rings (SSSR count). The first kappa shape index (κ1) is 20.0. The number of ether oxygens (including phenoxy) is 1. The molecule has 3 nitrogen and oxygen atoms in total. The molecule has 0 aliphatic carbocycles. The number of rotatable bonds is 8. The smallest absolute Gasteiger partial charge is 0.141 e. The summed E-state index contributed by atoms with van der Waals surface area (Å²) in [5.74, 6) is 1.09. The molecule has 0 bridgehead atoms. The first-order valence-electron chi connectivity index (χ1n) is 7.42. The van der Waals surface area contributed by atoms with E-state index in [-0.39, 0.29) is 23.5 Å². The standard InChI is InChI=1S/C17H21ClFNO2.ClH/c1-12(2)21-9-3-8-20-11-14-5-7-17(22-14)13-4-6-16(19)15(18)10-13;/h4-7,10,12,20H,3,8-9,11H2,1-2H3;1H. The highest BCUT2D eigenvalue weighted by atomic mass is 35.5. The van der Waals surface area contributed by atoms with Gasteiger partial charge >= 0.3 is 0 Å². The van der Waals surface area contributed by atoms with Crippen LogP contribution in [-0.2, 0) is 11.3 Å². The Kier molecular flexibility index (Phi) is 8.63. The van der Waals surface area contributed by atoms with Crippen LogP contribution < -0.4 is 5.32 Å². The Labute approximate surface area is 147 Å². The van der Waals surface area contributed by atoms with Gasteiger partial charge in [-0.1, -0.05) is 11.6 Å². The number of hydrogen-bond acceptors (Lipinski definition) is 3. The summed E-state index contributed by atoms with van der Waals surface area (Å²) in [5.41, 5.74) is 0.767. The van der Waals surface area contributed by atoms with Crippen LogP contribution in [0.5, 0.6) is 0 Å². The number of furan rings is 1. The van der Waals surface area contributed by atoms with Gasteiger partial charge in [-0.2, -0.15) is 0 Å². The van der Waals surface area contributed by atoms with E-state index in [1.54, 1.807) is 12.1 Å². The molecular weight excluding hydrogens is 340 g/mol. The highest BCUT2D eigenvalue weighted by Gasteiger charge is 2.07. The van der Waals surface area contributed by atoms with Crippen LogP contribution in [0.3, 0.4) is 0 Å². The fraction of sp³-hybridized carbons (Fsp3) is 0.412. The van der Waals surface area contributed by atoms with E-state index in [0.717, 1.165) is 30.9 Å². The van der Waals surface area contributed by atoms with Crippen LogP contribution in [0.2, 0.25) is 5.02 Å². The van der Waals surface area contributed by atoms with Gasteiger partial charge in [0.15, 0.2) is 0 Å². The Hall–Kier alpha value is -1.07. The second kappa shape index (κ2) is 9.93. The molecule has 0 amide bonds. The van der Waals surface area contributed by atoms with Crippen molar-refractivity contribution in [2.45, 2.75) is 32.9 Å². The summed E-state index contributed by atoms with van der Waals surface area (Å²) < 4.78 is 24.4. The van der Waals surface area contributed by atoms with Crippen LogP contribution in [0.15, 0.2) is 34.7 Å². The first-order chi connectivity index (χ1) is 10.6. The molecule has 0 unspecified atom stereocenters. The lowest BCUT2D eigenvalue weighted by molar-refractivity contribution is 0.0770. The quantitative estimate of drug-likeness (QED) is 0.666. The molecule has 1 aromatic heterocycles. The fourth-order valence-corrected chi connectivity index (χ4v) is 2.19. The maximum absolute atomic E-state index is 13.2. The summed E-state index contributed by atoms with van der Waals surface area (Å²) in [6.07, 6.45) is 1.23. The monoisotopic (exact) mass is 361 g/mol. The van der Waals surface area contributed by atoms with E-state index >= 15 is 0 Å². The van der Waals surface area contributed by atoms with Crippen LogP contribution in [0, 0.1) is 5.82 Å². The van der Waals surface area contributed by atoms with Crippen molar-refractivity contribution in [3.8, 4) is 11.3 Å². The number of halogens is 3. The van der Waals surface area contributed by atoms with Gasteiger partial charge in [0.1, 0.15) is 17.3 Å². The second-order valence-corrected chi connectivity index (χ2v) is 5.75. The molecule has 1 N–H and O–H groups in total. The lowest BCUT2D eigenvalue weighted by atomic mass is 10.2. The molecule has 0 spiro atoms. The minimum Gasteiger partial charge on any atom is -0.460 e. The van der Waals surface area contributed by atoms with Gasteiger partial charge in [0, 0.05) is 12.2 Å². The largest absolute Gasteiger partial charge is 0.460 e. The fourth-order valence-electron chi connectivity index (χ4n) is 2.01. The highest BCUT2D eigenvalue weighted by Crippen LogP contribution is 2.26. The molecule has 1 heterocycles. The normalized spacial score (nSPS) is 10.8. The van der Waals surface area contributed by atoms with Crippen LogP contribution in [0.25, 0.3) is 11.3 Å². The third kappa shape index (κ3) is 6.51. The summed E-state index contributed by atoms with van der Waals surface area (Å²) in [7, 11) is 0. The third-order valence-electron chi connectivity index (χ3n) is 3.11. The molecule has 2 aromatic rings. The zero-order valence-electron chi connectivity index (χ0n) is 13.3. The molecule has 0 radical (unpaired) electrons. The molecule has 0 aliphatic heterocycles. The van der Waals surface area contributed by atoms with E-state index in [2.05, 4.69) is 5.32 Å². The minimum absolute atomic E-state index is 0. The second-order valence-electron chi connectivity index (χ2n) is 5.34. The molecule has 23 heavy (non-hydrogen) atoms. The third-order valence-corrected chi connectivity index (χ3v) is 3.40. The molecule has 0 atom stereocenters. The maximum atomic E-state index is 13.2. The summed E-state index contributed by atoms with van der Waals surface area (Å²) in [6, 6.07) is 8.33. The minimum atomic E-state index is -0.428. The Morgan fingerprint density at radius 2 is 2.04 bits per heavy atom. The van der Waals surface area contributed by atoms with E-state index in [0.29, 0.717) is 12.3 Å². The van der Waals surface area contributed by atoms with E-state index < -0.39 is 5.82 Å². The SMILES string of the molecule is CC(C)OCCCNCc1ccc(-c2ccc(F)c(Cl)c2)o1.Cl. The van der Waals surface area contributed by atoms with Gasteiger partial charge in [-0.3, -0.25) is 0 Å². The predicted octanol–water partition coefficient (Wildman–Crippen LogP) is 5.07. The van der Waals surface area contributed by atoms with E-state index in [1.807, 2.05) is 26.0 Å². The van der Waals surface area contributed by atoms with Gasteiger partial charge in [0.05, 0.1) is 17.7 Å². The van der Waals surface area contributed by atoms with Gasteiger partial charge in [0.2, 0.25) is 0 Å². The highest BCUT2D eigenvalue weighted by molar-refractivity contribution is 6.31. The molecule has 0 aliphatic rings. The average molecular weight is 362 g/mol. The van der Waals surface area contributed by atoms with Crippen molar-refractivity contribution in [3.05, 3.63) is 46.9 Å². The molecule has 1 aromatic carbocycles. The molecule has 0 fully saturated rings. The zero-order valence-corrected chi connectivity index (χ0v) is 14.8. The van der Waals surface area contributed by atoms with Crippen LogP contribution in [-0.4, -0.2) is 19.3 Å². The molecule has 6 heteroatoms. The van der Waals surface area contributed by atoms with Gasteiger partial charge in [-0.05, 0) is 57.1 Å². The van der Waals surface area contributed by atoms with Crippen LogP contribution in [0.4, 0.5) is 4.39 Å². The van der Waals surface area contributed by atoms with Gasteiger partial charge in [0.25, 0.3) is 0 Å². The topological polar surface area (TPSA) is 34.4 Å². The van der Waals surface area contributed by atoms with Crippen molar-refractivity contribution in [1.29, 1.82) is 0 Å². The van der Waals surface area contributed by atoms with E-state index in [1.165, 1.54) is 6.07 Å². The van der Waals surface area contributed by atoms with E-state index in [4.69, 9.17) is 20.8 Å². The lowest BCUT2D eigenvalue weighted by Crippen LogP contribution is -2.17. The number of hydrogen-bond donors (Lipinski definition) is 1. The predicted molar refractivity (Wildman–Crippen MR) is 93.8 cm³/mol. The lowest BCUT2D eigenvalue weighted by Gasteiger charge is -2.07. The van der Waals surface area contributed by atoms with Crippen molar-refractivity contribution in [2.75, 3.05) is 13.2 Å². The maximum Gasteiger partial charge on any atom is 0.141 e. The van der Waals surface area contributed by atoms with Gasteiger partial charge in [-0.15, -0.1) is 12.4 Å². The first-order valence-corrected chi connectivity index (χ1v) is 7.80. The molecule has 128 valence electrons. The molecular formula is C17H22Cl2FNO2. The zero-order chi connectivity index (χ0) is 15.9. The Balaban J connectivity index is 0.00000264. The van der Waals surface area contributed by atoms with Crippen molar-refractivity contribution in [1.82, 2.24) is 5.32 Å². The summed E-state index contributed by atoms with van der Waals surface area (Å²) in [6.45, 7) is 6.32. The number of benzene rings is 1. The average Bonchev–Trinajstić information content (AvgIpc) is 2.94. The summed E-state index contributed by atoms with van der Waals surface area (Å²) in [4.78, 5) is 0.